The second-order valence-electron chi connectivity index (χ2n) is 9.27. The summed E-state index contributed by atoms with van der Waals surface area (Å²) in [4.78, 5) is 38.8. The molecule has 9 heteroatoms. The molecule has 0 unspecified atom stereocenters. The number of carbonyl (C=O) groups excluding carboxylic acids is 3. The molecular weight excluding hydrogens is 517 g/mol. The first-order chi connectivity index (χ1) is 19.4. The molecule has 0 N–H and O–H groups in total. The van der Waals surface area contributed by atoms with Gasteiger partial charge in [0, 0.05) is 17.5 Å². The van der Waals surface area contributed by atoms with Crippen molar-refractivity contribution >= 4 is 34.3 Å². The minimum Gasteiger partial charge on any atom is -0.497 e. The summed E-state index contributed by atoms with van der Waals surface area (Å²) in [5.74, 6) is -0.651. The number of fused-ring (bicyclic) bond motifs is 2. The van der Waals surface area contributed by atoms with Gasteiger partial charge in [0.1, 0.15) is 34.2 Å². The summed E-state index contributed by atoms with van der Waals surface area (Å²) in [7, 11) is 1.58. The van der Waals surface area contributed by atoms with E-state index in [1.807, 2.05) is 12.1 Å². The number of amides is 1. The van der Waals surface area contributed by atoms with Gasteiger partial charge in [0.05, 0.1) is 31.6 Å². The van der Waals surface area contributed by atoms with E-state index in [1.54, 1.807) is 44.4 Å². The van der Waals surface area contributed by atoms with Gasteiger partial charge >= 0.3 is 5.97 Å². The highest BCUT2D eigenvalue weighted by molar-refractivity contribution is 6.52. The van der Waals surface area contributed by atoms with Crippen LogP contribution in [0.3, 0.4) is 0 Å². The van der Waals surface area contributed by atoms with Crippen LogP contribution in [0.4, 0.5) is 10.1 Å². The van der Waals surface area contributed by atoms with E-state index < -0.39 is 23.5 Å². The molecule has 3 aromatic carbocycles. The van der Waals surface area contributed by atoms with Gasteiger partial charge in [0.2, 0.25) is 0 Å². The third kappa shape index (κ3) is 5.27. The van der Waals surface area contributed by atoms with E-state index in [0.717, 1.165) is 12.5 Å². The standard InChI is InChI=1S/C31H28FNO7/c1-3-38-31(36)27-24-18-22(12-14-26(24)40-29(27)19-7-10-21(37-2)11-8-19)39-16-6-4-5-15-33-25-13-9-20(32)17-23(25)28(34)30(33)35/h7-14,17-18H,3-6,15-16H2,1-2H3. The molecule has 0 bridgehead atoms. The van der Waals surface area contributed by atoms with Crippen LogP contribution in [0.1, 0.15) is 46.9 Å². The lowest BCUT2D eigenvalue weighted by Gasteiger charge is -2.16. The number of carbonyl (C=O) groups is 3. The van der Waals surface area contributed by atoms with E-state index in [-0.39, 0.29) is 12.2 Å². The normalized spacial score (nSPS) is 12.6. The van der Waals surface area contributed by atoms with Crippen LogP contribution in [-0.2, 0) is 9.53 Å². The van der Waals surface area contributed by atoms with E-state index >= 15 is 0 Å². The number of anilines is 1. The third-order valence-electron chi connectivity index (χ3n) is 6.72. The SMILES string of the molecule is CCOC(=O)c1c(-c2ccc(OC)cc2)oc2ccc(OCCCCCN3C(=O)C(=O)c4cc(F)ccc43)cc12. The number of ether oxygens (including phenoxy) is 3. The predicted octanol–water partition coefficient (Wildman–Crippen LogP) is 6.20. The maximum absolute atomic E-state index is 13.5. The number of furan rings is 1. The highest BCUT2D eigenvalue weighted by Crippen LogP contribution is 2.37. The number of hydrogen-bond donors (Lipinski definition) is 0. The van der Waals surface area contributed by atoms with Crippen molar-refractivity contribution in [1.29, 1.82) is 0 Å². The molecule has 4 aromatic rings. The van der Waals surface area contributed by atoms with Crippen molar-refractivity contribution < 1.29 is 37.4 Å². The molecule has 0 fully saturated rings. The number of nitrogens with zero attached hydrogens (tertiary/aromatic N) is 1. The lowest BCUT2D eigenvalue weighted by Crippen LogP contribution is -2.30. The van der Waals surface area contributed by atoms with Crippen LogP contribution in [0.5, 0.6) is 11.5 Å². The number of unbranched alkanes of at least 4 members (excludes halogenated alkanes) is 2. The molecule has 1 amide bonds. The van der Waals surface area contributed by atoms with Crippen LogP contribution in [0.2, 0.25) is 0 Å². The van der Waals surface area contributed by atoms with E-state index in [1.165, 1.54) is 17.0 Å². The maximum Gasteiger partial charge on any atom is 0.342 e. The molecule has 5 rings (SSSR count). The summed E-state index contributed by atoms with van der Waals surface area (Å²) < 4.78 is 36.0. The first-order valence-corrected chi connectivity index (χ1v) is 13.1. The van der Waals surface area contributed by atoms with E-state index in [9.17, 15) is 18.8 Å². The third-order valence-corrected chi connectivity index (χ3v) is 6.72. The molecule has 0 radical (unpaired) electrons. The minimum absolute atomic E-state index is 0.111. The van der Waals surface area contributed by atoms with Gasteiger partial charge in [-0.1, -0.05) is 0 Å². The molecule has 0 aliphatic carbocycles. The van der Waals surface area contributed by atoms with Crippen molar-refractivity contribution in [2.75, 3.05) is 31.8 Å². The molecular formula is C31H28FNO7. The van der Waals surface area contributed by atoms with Gasteiger partial charge in [-0.15, -0.1) is 0 Å². The lowest BCUT2D eigenvalue weighted by atomic mass is 10.1. The number of esters is 1. The molecule has 1 aliphatic rings. The monoisotopic (exact) mass is 545 g/mol. The first-order valence-electron chi connectivity index (χ1n) is 13.1. The Bertz CT molecular complexity index is 1570. The Hall–Kier alpha value is -4.66. The quantitative estimate of drug-likeness (QED) is 0.126. The first kappa shape index (κ1) is 26.9. The van der Waals surface area contributed by atoms with Gasteiger partial charge in [0.15, 0.2) is 0 Å². The zero-order valence-electron chi connectivity index (χ0n) is 22.2. The minimum atomic E-state index is -0.676. The Balaban J connectivity index is 1.22. The summed E-state index contributed by atoms with van der Waals surface area (Å²) in [6, 6.07) is 16.3. The van der Waals surface area contributed by atoms with Crippen LogP contribution >= 0.6 is 0 Å². The fourth-order valence-electron chi connectivity index (χ4n) is 4.75. The van der Waals surface area contributed by atoms with Crippen LogP contribution in [0, 0.1) is 5.82 Å². The summed E-state index contributed by atoms with van der Waals surface area (Å²) in [5.41, 5.74) is 2.14. The molecule has 1 aromatic heterocycles. The van der Waals surface area contributed by atoms with Gasteiger partial charge in [0.25, 0.3) is 11.7 Å². The van der Waals surface area contributed by atoms with E-state index in [0.29, 0.717) is 71.0 Å². The van der Waals surface area contributed by atoms with Crippen molar-refractivity contribution in [3.8, 4) is 22.8 Å². The summed E-state index contributed by atoms with van der Waals surface area (Å²) in [5, 5.41) is 0.592. The van der Waals surface area contributed by atoms with Crippen molar-refractivity contribution in [3.63, 3.8) is 0 Å². The van der Waals surface area contributed by atoms with Crippen molar-refractivity contribution in [3.05, 3.63) is 77.6 Å². The van der Waals surface area contributed by atoms with Gasteiger partial charge in [-0.2, -0.15) is 0 Å². The summed E-state index contributed by atoms with van der Waals surface area (Å²) in [6.45, 7) is 2.75. The van der Waals surface area contributed by atoms with Gasteiger partial charge in [-0.25, -0.2) is 9.18 Å². The zero-order chi connectivity index (χ0) is 28.2. The second-order valence-corrected chi connectivity index (χ2v) is 9.27. The molecule has 40 heavy (non-hydrogen) atoms. The Morgan fingerprint density at radius 1 is 0.950 bits per heavy atom. The largest absolute Gasteiger partial charge is 0.497 e. The predicted molar refractivity (Wildman–Crippen MR) is 147 cm³/mol. The molecule has 8 nitrogen and oxygen atoms in total. The highest BCUT2D eigenvalue weighted by Gasteiger charge is 2.35. The average Bonchev–Trinajstić information content (AvgIpc) is 3.45. The molecule has 0 spiro atoms. The topological polar surface area (TPSA) is 95.3 Å². The molecule has 206 valence electrons. The number of rotatable bonds is 11. The number of Topliss-reactive ketones (excluding diaryl/α,β-unsaturated/α-hetero) is 1. The van der Waals surface area contributed by atoms with Crippen molar-refractivity contribution in [2.45, 2.75) is 26.2 Å². The highest BCUT2D eigenvalue weighted by atomic mass is 19.1. The Morgan fingerprint density at radius 3 is 2.48 bits per heavy atom. The fraction of sp³-hybridized carbons (Fsp3) is 0.258. The molecule has 0 saturated carbocycles. The van der Waals surface area contributed by atoms with Gasteiger partial charge in [-0.05, 0) is 86.8 Å². The molecule has 0 atom stereocenters. The smallest absolute Gasteiger partial charge is 0.342 e. The van der Waals surface area contributed by atoms with Crippen LogP contribution in [0.25, 0.3) is 22.3 Å². The number of hydrogen-bond acceptors (Lipinski definition) is 7. The van der Waals surface area contributed by atoms with Gasteiger partial charge < -0.3 is 23.5 Å². The van der Waals surface area contributed by atoms with E-state index in [2.05, 4.69) is 0 Å². The number of ketones is 1. The van der Waals surface area contributed by atoms with Crippen molar-refractivity contribution in [2.24, 2.45) is 0 Å². The number of methoxy groups -OCH3 is 1. The van der Waals surface area contributed by atoms with Crippen LogP contribution in [0.15, 0.2) is 65.1 Å². The fourth-order valence-corrected chi connectivity index (χ4v) is 4.75. The van der Waals surface area contributed by atoms with Crippen LogP contribution < -0.4 is 14.4 Å². The second kappa shape index (κ2) is 11.6. The summed E-state index contributed by atoms with van der Waals surface area (Å²) in [6.07, 6.45) is 2.11. The molecule has 0 saturated heterocycles. The van der Waals surface area contributed by atoms with Crippen molar-refractivity contribution in [1.82, 2.24) is 0 Å². The number of benzene rings is 3. The molecule has 1 aliphatic heterocycles. The van der Waals surface area contributed by atoms with E-state index in [4.69, 9.17) is 18.6 Å². The lowest BCUT2D eigenvalue weighted by molar-refractivity contribution is -0.114. The maximum atomic E-state index is 13.5. The molecule has 2 heterocycles. The number of halogens is 1. The zero-order valence-corrected chi connectivity index (χ0v) is 22.2. The Labute approximate surface area is 230 Å². The van der Waals surface area contributed by atoms with Gasteiger partial charge in [-0.3, -0.25) is 9.59 Å². The summed E-state index contributed by atoms with van der Waals surface area (Å²) >= 11 is 0. The Morgan fingerprint density at radius 2 is 1.73 bits per heavy atom. The average molecular weight is 546 g/mol. The Kier molecular flexibility index (Phi) is 7.82. The van der Waals surface area contributed by atoms with Crippen LogP contribution in [-0.4, -0.2) is 44.5 Å².